The van der Waals surface area contributed by atoms with E-state index in [1.165, 1.54) is 57.0 Å². The van der Waals surface area contributed by atoms with Crippen LogP contribution in [0.3, 0.4) is 0 Å². The highest BCUT2D eigenvalue weighted by Gasteiger charge is 1.98. The van der Waals surface area contributed by atoms with E-state index >= 15 is 0 Å². The zero-order chi connectivity index (χ0) is 15.5. The van der Waals surface area contributed by atoms with Gasteiger partial charge in [-0.2, -0.15) is 0 Å². The average molecular weight is 292 g/mol. The van der Waals surface area contributed by atoms with E-state index in [0.717, 1.165) is 0 Å². The minimum Gasteiger partial charge on any atom is -0.542 e. The molecule has 0 radical (unpaired) electrons. The number of unbranched alkanes of at least 4 members (excludes halogenated alkanes) is 4. The molecule has 0 aromatic carbocycles. The molecule has 0 aliphatic heterocycles. The lowest BCUT2D eigenvalue weighted by molar-refractivity contribution is -0.671. The maximum atomic E-state index is 9.86. The van der Waals surface area contributed by atoms with E-state index in [2.05, 4.69) is 46.2 Å². The van der Waals surface area contributed by atoms with Crippen molar-refractivity contribution in [1.29, 1.82) is 0 Å². The number of aromatic nitrogens is 2. The summed E-state index contributed by atoms with van der Waals surface area (Å²) < 4.78 is 8.78. The average Bonchev–Trinajstić information content (AvgIpc) is 3.11. The van der Waals surface area contributed by atoms with Crippen molar-refractivity contribution in [2.45, 2.75) is 45.6 Å². The van der Waals surface area contributed by atoms with Crippen LogP contribution in [0.4, 0.5) is 0 Å². The number of hydrogen-bond donors (Lipinski definition) is 0. The lowest BCUT2D eigenvalue weighted by Crippen LogP contribution is -2.23. The van der Waals surface area contributed by atoms with Gasteiger partial charge in [-0.25, -0.2) is 9.13 Å². The van der Waals surface area contributed by atoms with Crippen molar-refractivity contribution in [3.05, 3.63) is 42.9 Å². The molecular formula is C16H24N2O3. The van der Waals surface area contributed by atoms with Gasteiger partial charge in [0.2, 0.25) is 6.33 Å². The Morgan fingerprint density at radius 1 is 1.33 bits per heavy atom. The molecule has 2 heterocycles. The van der Waals surface area contributed by atoms with E-state index in [1.54, 1.807) is 0 Å². The Hall–Kier alpha value is -2.04. The van der Waals surface area contributed by atoms with Gasteiger partial charge in [-0.15, -0.1) is 0 Å². The van der Waals surface area contributed by atoms with Gasteiger partial charge in [0.05, 0.1) is 19.9 Å². The molecule has 0 saturated heterocycles. The fourth-order valence-electron chi connectivity index (χ4n) is 1.93. The predicted octanol–water partition coefficient (Wildman–Crippen LogP) is 1.93. The van der Waals surface area contributed by atoms with Crippen LogP contribution in [0.25, 0.3) is 0 Å². The normalized spacial score (nSPS) is 10.0. The summed E-state index contributed by atoms with van der Waals surface area (Å²) in [6, 6.07) is 2.82. The summed E-state index contributed by atoms with van der Waals surface area (Å²) in [6.45, 7) is 3.43. The van der Waals surface area contributed by atoms with Gasteiger partial charge in [-0.3, -0.25) is 0 Å². The zero-order valence-corrected chi connectivity index (χ0v) is 12.8. The first-order valence-electron chi connectivity index (χ1n) is 7.39. The number of nitrogens with zero attached hydrogens (tertiary/aromatic N) is 2. The topological polar surface area (TPSA) is 62.1 Å². The Labute approximate surface area is 125 Å². The lowest BCUT2D eigenvalue weighted by Gasteiger charge is -1.97. The summed E-state index contributed by atoms with van der Waals surface area (Å²) in [4.78, 5) is 9.86. The van der Waals surface area contributed by atoms with Crippen LogP contribution in [0.15, 0.2) is 41.5 Å². The maximum Gasteiger partial charge on any atom is 0.243 e. The third-order valence-corrected chi connectivity index (χ3v) is 3.07. The first-order valence-corrected chi connectivity index (χ1v) is 7.39. The van der Waals surface area contributed by atoms with Gasteiger partial charge >= 0.3 is 0 Å². The maximum absolute atomic E-state index is 9.86. The van der Waals surface area contributed by atoms with Gasteiger partial charge < -0.3 is 14.3 Å². The highest BCUT2D eigenvalue weighted by atomic mass is 16.4. The molecule has 0 amide bonds. The quantitative estimate of drug-likeness (QED) is 0.578. The summed E-state index contributed by atoms with van der Waals surface area (Å²) in [5.74, 6) is -1.42. The van der Waals surface area contributed by atoms with Gasteiger partial charge in [-0.1, -0.05) is 26.2 Å². The standard InChI is InChI=1S/C11H21N2.C5H4O3/c1-3-4-5-6-7-8-13-10-9-12(2)11-13;6-5(7)4-2-1-3-8-4/h9-11H,3-8H2,1-2H3;1-3H,(H,6,7)/q+1;/p-1. The molecule has 5 nitrogen and oxygen atoms in total. The van der Waals surface area contributed by atoms with E-state index < -0.39 is 5.97 Å². The molecule has 0 unspecified atom stereocenters. The molecule has 0 N–H and O–H groups in total. The molecule has 0 aliphatic rings. The number of carboxylic acid groups (broad SMARTS) is 1. The summed E-state index contributed by atoms with van der Waals surface area (Å²) in [5, 5.41) is 9.86. The van der Waals surface area contributed by atoms with Crippen LogP contribution in [0.1, 0.15) is 49.6 Å². The zero-order valence-electron chi connectivity index (χ0n) is 12.8. The van der Waals surface area contributed by atoms with E-state index in [0.29, 0.717) is 0 Å². The van der Waals surface area contributed by atoms with Crippen molar-refractivity contribution < 1.29 is 18.9 Å². The van der Waals surface area contributed by atoms with Gasteiger partial charge in [0.25, 0.3) is 0 Å². The molecule has 116 valence electrons. The van der Waals surface area contributed by atoms with Crippen molar-refractivity contribution in [2.24, 2.45) is 7.05 Å². The molecule has 2 rings (SSSR count). The highest BCUT2D eigenvalue weighted by molar-refractivity contribution is 5.82. The number of aromatic carboxylic acids is 1. The van der Waals surface area contributed by atoms with Crippen LogP contribution in [0.5, 0.6) is 0 Å². The van der Waals surface area contributed by atoms with Gasteiger partial charge in [0.1, 0.15) is 24.1 Å². The van der Waals surface area contributed by atoms with Crippen LogP contribution < -0.4 is 9.67 Å². The summed E-state index contributed by atoms with van der Waals surface area (Å²) in [5.41, 5.74) is 0. The van der Waals surface area contributed by atoms with Crippen molar-refractivity contribution in [3.63, 3.8) is 0 Å². The molecule has 21 heavy (non-hydrogen) atoms. The SMILES string of the molecule is CCCCCCCn1cc[n+](C)c1.O=C([O-])c1ccco1. The van der Waals surface area contributed by atoms with Crippen LogP contribution in [0.2, 0.25) is 0 Å². The van der Waals surface area contributed by atoms with Crippen molar-refractivity contribution in [3.8, 4) is 0 Å². The van der Waals surface area contributed by atoms with E-state index in [1.807, 2.05) is 0 Å². The van der Waals surface area contributed by atoms with Gasteiger partial charge in [-0.05, 0) is 25.0 Å². The second-order valence-electron chi connectivity index (χ2n) is 5.00. The van der Waals surface area contributed by atoms with Crippen molar-refractivity contribution in [1.82, 2.24) is 4.57 Å². The Kier molecular flexibility index (Phi) is 7.94. The van der Waals surface area contributed by atoms with Crippen molar-refractivity contribution in [2.75, 3.05) is 0 Å². The molecule has 0 saturated carbocycles. The van der Waals surface area contributed by atoms with Crippen LogP contribution in [-0.2, 0) is 13.6 Å². The number of carboxylic acids is 1. The monoisotopic (exact) mass is 292 g/mol. The summed E-state index contributed by atoms with van der Waals surface area (Å²) in [6.07, 6.45) is 14.4. The van der Waals surface area contributed by atoms with E-state index in [-0.39, 0.29) is 5.76 Å². The molecule has 0 bridgehead atoms. The third-order valence-electron chi connectivity index (χ3n) is 3.07. The highest BCUT2D eigenvalue weighted by Crippen LogP contribution is 2.03. The predicted molar refractivity (Wildman–Crippen MR) is 77.4 cm³/mol. The Morgan fingerprint density at radius 3 is 2.57 bits per heavy atom. The van der Waals surface area contributed by atoms with E-state index in [9.17, 15) is 9.90 Å². The number of aryl methyl sites for hydroxylation is 2. The largest absolute Gasteiger partial charge is 0.542 e. The molecule has 0 spiro atoms. The van der Waals surface area contributed by atoms with Crippen LogP contribution >= 0.6 is 0 Å². The summed E-state index contributed by atoms with van der Waals surface area (Å²) in [7, 11) is 2.06. The van der Waals surface area contributed by atoms with Crippen LogP contribution in [-0.4, -0.2) is 10.5 Å². The number of imidazole rings is 1. The number of carbonyl (C=O) groups excluding carboxylic acids is 1. The molecule has 0 atom stereocenters. The Bertz CT molecular complexity index is 503. The minimum absolute atomic E-state index is 0.134. The minimum atomic E-state index is -1.28. The molecule has 0 aliphatic carbocycles. The number of carbonyl (C=O) groups is 1. The van der Waals surface area contributed by atoms with Crippen LogP contribution in [0, 0.1) is 0 Å². The lowest BCUT2D eigenvalue weighted by atomic mass is 10.1. The molecule has 2 aromatic heterocycles. The first kappa shape index (κ1) is 17.0. The smallest absolute Gasteiger partial charge is 0.243 e. The second-order valence-corrected chi connectivity index (χ2v) is 5.00. The van der Waals surface area contributed by atoms with Gasteiger partial charge in [0.15, 0.2) is 0 Å². The first-order chi connectivity index (χ1) is 10.1. The third kappa shape index (κ3) is 7.34. The molecule has 5 heteroatoms. The molecule has 2 aromatic rings. The Morgan fingerprint density at radius 2 is 2.10 bits per heavy atom. The fourth-order valence-corrected chi connectivity index (χ4v) is 1.93. The molecule has 0 fully saturated rings. The molecular weight excluding hydrogens is 268 g/mol. The Balaban J connectivity index is 0.000000235. The summed E-state index contributed by atoms with van der Waals surface area (Å²) >= 11 is 0. The van der Waals surface area contributed by atoms with Crippen molar-refractivity contribution >= 4 is 5.97 Å². The second kappa shape index (κ2) is 9.80. The van der Waals surface area contributed by atoms with E-state index in [4.69, 9.17) is 0 Å². The fraction of sp³-hybridized carbons (Fsp3) is 0.500. The van der Waals surface area contributed by atoms with Gasteiger partial charge in [0, 0.05) is 0 Å². The number of rotatable bonds is 7. The number of furan rings is 1. The number of hydrogen-bond acceptors (Lipinski definition) is 3.